The van der Waals surface area contributed by atoms with Crippen molar-refractivity contribution in [3.05, 3.63) is 71.9 Å². The number of rotatable bonds is 6. The molecule has 0 radical (unpaired) electrons. The Labute approximate surface area is 203 Å². The zero-order valence-electron chi connectivity index (χ0n) is 19.5. The molecule has 0 unspecified atom stereocenters. The van der Waals surface area contributed by atoms with E-state index < -0.39 is 17.8 Å². The highest BCUT2D eigenvalue weighted by Crippen LogP contribution is 2.25. The number of carbonyl (C=O) groups is 3. The Morgan fingerprint density at radius 3 is 2.40 bits per heavy atom. The number of benzene rings is 2. The molecule has 2 aromatic rings. The third kappa shape index (κ3) is 6.13. The van der Waals surface area contributed by atoms with Crippen LogP contribution >= 0.6 is 0 Å². The molecular weight excluding hydrogens is 448 g/mol. The van der Waals surface area contributed by atoms with Crippen LogP contribution in [-0.4, -0.2) is 36.6 Å². The minimum absolute atomic E-state index is 0.00762. The van der Waals surface area contributed by atoms with E-state index >= 15 is 0 Å². The van der Waals surface area contributed by atoms with Gasteiger partial charge in [0.15, 0.2) is 5.70 Å². The van der Waals surface area contributed by atoms with Crippen LogP contribution in [0.1, 0.15) is 48.9 Å². The van der Waals surface area contributed by atoms with Gasteiger partial charge < -0.3 is 14.9 Å². The van der Waals surface area contributed by atoms with Crippen LogP contribution in [0.3, 0.4) is 0 Å². The lowest BCUT2D eigenvalue weighted by atomic mass is 10.1. The number of carbonyl (C=O) groups excluding carboxylic acids is 3. The summed E-state index contributed by atoms with van der Waals surface area (Å²) in [5, 5.41) is 4.38. The Kier molecular flexibility index (Phi) is 7.89. The van der Waals surface area contributed by atoms with E-state index in [4.69, 9.17) is 9.57 Å². The molecule has 2 N–H and O–H groups in total. The largest absolute Gasteiger partial charge is 0.497 e. The lowest BCUT2D eigenvalue weighted by molar-refractivity contribution is -0.140. The van der Waals surface area contributed by atoms with Gasteiger partial charge in [0.05, 0.1) is 12.8 Å². The summed E-state index contributed by atoms with van der Waals surface area (Å²) < 4.78 is 5.18. The molecule has 182 valence electrons. The lowest BCUT2D eigenvalue weighted by Gasteiger charge is -2.18. The predicted octanol–water partition coefficient (Wildman–Crippen LogP) is 3.48. The average Bonchev–Trinajstić information content (AvgIpc) is 3.06. The maximum Gasteiger partial charge on any atom is 0.376 e. The van der Waals surface area contributed by atoms with Crippen LogP contribution in [0.25, 0.3) is 0 Å². The molecule has 1 aliphatic heterocycles. The number of nitrogens with zero attached hydrogens (tertiary/aromatic N) is 2. The molecule has 35 heavy (non-hydrogen) atoms. The van der Waals surface area contributed by atoms with Gasteiger partial charge in [0.1, 0.15) is 11.5 Å². The number of hydrogen-bond donors (Lipinski definition) is 2. The summed E-state index contributed by atoms with van der Waals surface area (Å²) in [6.07, 6.45) is 7.34. The molecule has 2 aromatic carbocycles. The predicted molar refractivity (Wildman–Crippen MR) is 131 cm³/mol. The molecule has 0 spiro atoms. The highest BCUT2D eigenvalue weighted by molar-refractivity contribution is 6.45. The second-order valence-electron chi connectivity index (χ2n) is 8.37. The fourth-order valence-corrected chi connectivity index (χ4v) is 4.04. The molecule has 0 atom stereocenters. The summed E-state index contributed by atoms with van der Waals surface area (Å²) in [4.78, 5) is 47.7. The monoisotopic (exact) mass is 476 g/mol. The zero-order valence-corrected chi connectivity index (χ0v) is 19.5. The second-order valence-corrected chi connectivity index (χ2v) is 8.37. The molecule has 0 bridgehead atoms. The van der Waals surface area contributed by atoms with Gasteiger partial charge in [-0.2, -0.15) is 0 Å². The van der Waals surface area contributed by atoms with E-state index in [1.807, 2.05) is 0 Å². The van der Waals surface area contributed by atoms with E-state index in [2.05, 4.69) is 15.9 Å². The molecule has 1 heterocycles. The minimum Gasteiger partial charge on any atom is -0.497 e. The highest BCUT2D eigenvalue weighted by Gasteiger charge is 2.31. The maximum atomic E-state index is 13.3. The first-order valence-electron chi connectivity index (χ1n) is 11.7. The quantitative estimate of drug-likeness (QED) is 0.373. The Hall–Kier alpha value is -3.98. The first-order valence-corrected chi connectivity index (χ1v) is 11.7. The SMILES string of the molecule is COc1ccc(N2NOC(=O)/C2=C\C(=NC(=O)c2ccccc2)C(=O)NC2CCCCCC2)cc1. The Morgan fingerprint density at radius 1 is 1.06 bits per heavy atom. The van der Waals surface area contributed by atoms with Crippen molar-refractivity contribution in [2.45, 2.75) is 44.6 Å². The smallest absolute Gasteiger partial charge is 0.376 e. The van der Waals surface area contributed by atoms with Gasteiger partial charge in [-0.15, -0.1) is 0 Å². The Bertz CT molecular complexity index is 1120. The van der Waals surface area contributed by atoms with Crippen molar-refractivity contribution in [2.75, 3.05) is 12.1 Å². The van der Waals surface area contributed by atoms with E-state index in [9.17, 15) is 14.4 Å². The molecule has 2 fully saturated rings. The van der Waals surface area contributed by atoms with E-state index in [1.54, 1.807) is 61.7 Å². The fourth-order valence-electron chi connectivity index (χ4n) is 4.04. The van der Waals surface area contributed by atoms with Crippen molar-refractivity contribution in [3.63, 3.8) is 0 Å². The molecule has 9 nitrogen and oxygen atoms in total. The van der Waals surface area contributed by atoms with E-state index in [1.165, 1.54) is 11.1 Å². The first kappa shape index (κ1) is 24.2. The average molecular weight is 477 g/mol. The van der Waals surface area contributed by atoms with Gasteiger partial charge in [-0.25, -0.2) is 14.8 Å². The van der Waals surface area contributed by atoms with Gasteiger partial charge in [-0.3, -0.25) is 9.59 Å². The number of aliphatic imine (C=N–C) groups is 1. The number of hydrogen-bond acceptors (Lipinski definition) is 7. The van der Waals surface area contributed by atoms with E-state index in [-0.39, 0.29) is 17.5 Å². The molecule has 2 aliphatic rings. The summed E-state index contributed by atoms with van der Waals surface area (Å²) >= 11 is 0. The Balaban J connectivity index is 1.66. The van der Waals surface area contributed by atoms with Gasteiger partial charge in [-0.05, 0) is 49.2 Å². The summed E-state index contributed by atoms with van der Waals surface area (Å²) in [6.45, 7) is 0. The van der Waals surface area contributed by atoms with E-state index in [0.29, 0.717) is 17.0 Å². The molecular formula is C26H28N4O5. The van der Waals surface area contributed by atoms with Crippen molar-refractivity contribution in [2.24, 2.45) is 4.99 Å². The van der Waals surface area contributed by atoms with Crippen molar-refractivity contribution >= 4 is 29.2 Å². The van der Waals surface area contributed by atoms with Gasteiger partial charge in [0.25, 0.3) is 11.8 Å². The maximum absolute atomic E-state index is 13.3. The van der Waals surface area contributed by atoms with Gasteiger partial charge >= 0.3 is 5.97 Å². The van der Waals surface area contributed by atoms with Crippen LogP contribution in [0.15, 0.2) is 71.4 Å². The van der Waals surface area contributed by atoms with Gasteiger partial charge in [0.2, 0.25) is 0 Å². The lowest BCUT2D eigenvalue weighted by Crippen LogP contribution is -2.39. The number of hydrazine groups is 1. The van der Waals surface area contributed by atoms with Crippen molar-refractivity contribution in [3.8, 4) is 5.75 Å². The molecule has 0 aromatic heterocycles. The molecule has 9 heteroatoms. The van der Waals surface area contributed by atoms with Crippen LogP contribution in [0.2, 0.25) is 0 Å². The summed E-state index contributed by atoms with van der Waals surface area (Å²) in [5.41, 5.74) is 3.29. The van der Waals surface area contributed by atoms with Crippen molar-refractivity contribution in [1.29, 1.82) is 0 Å². The standard InChI is InChI=1S/C26H28N4O5/c1-34-21-15-13-20(14-16-21)30-23(26(33)35-29-30)17-22(28-24(31)18-9-5-4-6-10-18)25(32)27-19-11-7-2-3-8-12-19/h4-6,9-10,13-17,19,29H,2-3,7-8,11-12H2,1H3,(H,27,32)/b23-17+,28-22?. The number of anilines is 1. The third-order valence-corrected chi connectivity index (χ3v) is 5.95. The summed E-state index contributed by atoms with van der Waals surface area (Å²) in [7, 11) is 1.56. The summed E-state index contributed by atoms with van der Waals surface area (Å²) in [5.74, 6) is -1.15. The fraction of sp³-hybridized carbons (Fsp3) is 0.308. The minimum atomic E-state index is -0.706. The second kappa shape index (κ2) is 11.4. The number of amides is 2. The van der Waals surface area contributed by atoms with Gasteiger partial charge in [-0.1, -0.05) is 49.5 Å². The normalized spacial score (nSPS) is 18.2. The molecule has 2 amide bonds. The zero-order chi connectivity index (χ0) is 24.6. The highest BCUT2D eigenvalue weighted by atomic mass is 16.7. The topological polar surface area (TPSA) is 109 Å². The number of nitrogens with one attached hydrogen (secondary N) is 2. The molecule has 1 aliphatic carbocycles. The van der Waals surface area contributed by atoms with Crippen LogP contribution in [0, 0.1) is 0 Å². The van der Waals surface area contributed by atoms with Crippen molar-refractivity contribution in [1.82, 2.24) is 10.9 Å². The van der Waals surface area contributed by atoms with E-state index in [0.717, 1.165) is 38.5 Å². The van der Waals surface area contributed by atoms with Crippen LogP contribution < -0.4 is 20.7 Å². The van der Waals surface area contributed by atoms with Gasteiger partial charge in [0, 0.05) is 17.7 Å². The molecule has 4 rings (SSSR count). The Morgan fingerprint density at radius 2 is 1.74 bits per heavy atom. The number of ether oxygens (including phenoxy) is 1. The molecule has 1 saturated heterocycles. The summed E-state index contributed by atoms with van der Waals surface area (Å²) in [6, 6.07) is 15.4. The first-order chi connectivity index (χ1) is 17.0. The van der Waals surface area contributed by atoms with Crippen LogP contribution in [0.4, 0.5) is 5.69 Å². The third-order valence-electron chi connectivity index (χ3n) is 5.95. The number of methoxy groups -OCH3 is 1. The van der Waals surface area contributed by atoms with Crippen LogP contribution in [0.5, 0.6) is 5.75 Å². The van der Waals surface area contributed by atoms with Crippen LogP contribution in [-0.2, 0) is 14.4 Å². The molecule has 1 saturated carbocycles. The van der Waals surface area contributed by atoms with Crippen molar-refractivity contribution < 1.29 is 24.0 Å².